The van der Waals surface area contributed by atoms with E-state index in [1.54, 1.807) is 0 Å². The molecule has 1 aliphatic rings. The topological polar surface area (TPSA) is 127 Å². The predicted octanol–water partition coefficient (Wildman–Crippen LogP) is -0.764. The third-order valence-electron chi connectivity index (χ3n) is 1.14. The van der Waals surface area contributed by atoms with E-state index in [1.807, 2.05) is 0 Å². The van der Waals surface area contributed by atoms with E-state index in [9.17, 15) is 14.4 Å². The van der Waals surface area contributed by atoms with Gasteiger partial charge in [0.15, 0.2) is 0 Å². The van der Waals surface area contributed by atoms with Crippen LogP contribution in [0.15, 0.2) is 0 Å². The maximum atomic E-state index is 10.5. The fraction of sp³-hybridized carbons (Fsp3) is 0. The van der Waals surface area contributed by atoms with E-state index < -0.39 is 28.0 Å². The minimum atomic E-state index is -2.73. The largest absolute Gasteiger partial charge is 0.527 e. The second-order valence-corrected chi connectivity index (χ2v) is 1.93. The minimum absolute atomic E-state index is 0.624. The quantitative estimate of drug-likeness (QED) is 0.285. The van der Waals surface area contributed by atoms with Crippen molar-refractivity contribution in [2.24, 2.45) is 0 Å². The maximum Gasteiger partial charge on any atom is 0.527 e. The summed E-state index contributed by atoms with van der Waals surface area (Å²) < 4.78 is 0. The summed E-state index contributed by atoms with van der Waals surface area (Å²) in [5.74, 6) is 0. The first kappa shape index (κ1) is 8.55. The van der Waals surface area contributed by atoms with Crippen LogP contribution in [0.2, 0.25) is 0 Å². The number of imide groups is 3. The number of amides is 6. The van der Waals surface area contributed by atoms with Crippen molar-refractivity contribution < 1.29 is 34.8 Å². The molecule has 1 saturated heterocycles. The molecule has 66 valence electrons. The van der Waals surface area contributed by atoms with Gasteiger partial charge in [0.2, 0.25) is 0 Å². The molecule has 6 amide bonds. The lowest BCUT2D eigenvalue weighted by Crippen LogP contribution is -2.69. The van der Waals surface area contributed by atoms with Crippen molar-refractivity contribution >= 4 is 18.1 Å². The lowest BCUT2D eigenvalue weighted by Gasteiger charge is -2.23. The molecule has 0 unspecified atom stereocenters. The van der Waals surface area contributed by atoms with Crippen molar-refractivity contribution in [1.82, 2.24) is 10.4 Å². The van der Waals surface area contributed by atoms with Crippen LogP contribution in [-0.2, 0) is 0 Å². The van der Waals surface area contributed by atoms with Crippen LogP contribution < -0.4 is 5.32 Å². The van der Waals surface area contributed by atoms with Gasteiger partial charge in [-0.15, -0.1) is 0 Å². The number of carbonyl (C=O) groups is 3. The lowest BCUT2D eigenvalue weighted by molar-refractivity contribution is -1.13. The summed E-state index contributed by atoms with van der Waals surface area (Å²) in [5, 5.41) is 26.3. The molecule has 9 nitrogen and oxygen atoms in total. The number of quaternary nitrogens is 1. The van der Waals surface area contributed by atoms with E-state index in [-0.39, 0.29) is 0 Å². The zero-order valence-corrected chi connectivity index (χ0v) is 5.46. The first-order valence-electron chi connectivity index (χ1n) is 2.61. The monoisotopic (exact) mass is 178 g/mol. The van der Waals surface area contributed by atoms with Gasteiger partial charge in [0.05, 0.1) is 0 Å². The minimum Gasteiger partial charge on any atom is -0.273 e. The van der Waals surface area contributed by atoms with Crippen molar-refractivity contribution in [3.63, 3.8) is 0 Å². The second-order valence-electron chi connectivity index (χ2n) is 1.93. The third kappa shape index (κ3) is 0.931. The molecule has 0 radical (unpaired) electrons. The molecule has 0 aliphatic carbocycles. The molecule has 0 saturated carbocycles. The summed E-state index contributed by atoms with van der Waals surface area (Å²) in [6.07, 6.45) is 0. The Morgan fingerprint density at radius 3 is 2.25 bits per heavy atom. The Kier molecular flexibility index (Phi) is 1.58. The van der Waals surface area contributed by atoms with Crippen molar-refractivity contribution in [2.75, 3.05) is 0 Å². The normalized spacial score (nSPS) is 22.6. The summed E-state index contributed by atoms with van der Waals surface area (Å²) in [4.78, 5) is 28.7. The van der Waals surface area contributed by atoms with E-state index in [2.05, 4.69) is 0 Å². The zero-order chi connectivity index (χ0) is 9.52. The average molecular weight is 178 g/mol. The SMILES string of the molecule is O=C1NC(=O)[N+](O)(O)C(=O)N1O. The first-order chi connectivity index (χ1) is 5.37. The van der Waals surface area contributed by atoms with E-state index in [4.69, 9.17) is 15.6 Å². The first-order valence-corrected chi connectivity index (χ1v) is 2.61. The van der Waals surface area contributed by atoms with Crippen LogP contribution in [0.3, 0.4) is 0 Å². The Balaban J connectivity index is 3.04. The second kappa shape index (κ2) is 2.22. The van der Waals surface area contributed by atoms with Crippen LogP contribution in [0.1, 0.15) is 0 Å². The van der Waals surface area contributed by atoms with Crippen LogP contribution in [0.25, 0.3) is 0 Å². The number of hydrogen-bond donors (Lipinski definition) is 4. The molecular weight excluding hydrogens is 174 g/mol. The molecule has 1 fully saturated rings. The van der Waals surface area contributed by atoms with E-state index in [1.165, 1.54) is 5.32 Å². The highest BCUT2D eigenvalue weighted by Crippen LogP contribution is 2.08. The average Bonchev–Trinajstić information content (AvgIpc) is 1.99. The van der Waals surface area contributed by atoms with Gasteiger partial charge in [-0.1, -0.05) is 5.06 Å². The number of hydrogen-bond acceptors (Lipinski definition) is 6. The van der Waals surface area contributed by atoms with Gasteiger partial charge in [-0.25, -0.2) is 10.1 Å². The lowest BCUT2D eigenvalue weighted by atomic mass is 10.7. The number of urea groups is 3. The molecule has 0 aromatic carbocycles. The number of nitrogens with zero attached hydrogens (tertiary/aromatic N) is 2. The molecule has 1 heterocycles. The van der Waals surface area contributed by atoms with Gasteiger partial charge in [-0.2, -0.15) is 20.0 Å². The molecule has 0 aromatic rings. The Labute approximate surface area is 64.5 Å². The van der Waals surface area contributed by atoms with Gasteiger partial charge in [0, 0.05) is 0 Å². The number of carbonyl (C=O) groups excluding carboxylic acids is 3. The molecule has 1 aliphatic heterocycles. The highest BCUT2D eigenvalue weighted by atomic mass is 16.9. The summed E-state index contributed by atoms with van der Waals surface area (Å²) in [6, 6.07) is -4.97. The number of hydroxylamine groups is 6. The molecule has 0 aromatic heterocycles. The smallest absolute Gasteiger partial charge is 0.273 e. The maximum absolute atomic E-state index is 10.5. The van der Waals surface area contributed by atoms with Crippen LogP contribution >= 0.6 is 0 Å². The van der Waals surface area contributed by atoms with Crippen LogP contribution in [0.5, 0.6) is 0 Å². The number of rotatable bonds is 0. The van der Waals surface area contributed by atoms with Gasteiger partial charge in [0.25, 0.3) is 0 Å². The van der Waals surface area contributed by atoms with Gasteiger partial charge in [0.1, 0.15) is 4.81 Å². The fourth-order valence-corrected chi connectivity index (χ4v) is 0.528. The standard InChI is InChI=1S/C3H3N3O6/c7-1-4-2(8)6(11,12)3(9)5(1)10/h10-12H/p+1. The summed E-state index contributed by atoms with van der Waals surface area (Å²) in [6.45, 7) is 0. The van der Waals surface area contributed by atoms with E-state index in [0.29, 0.717) is 0 Å². The summed E-state index contributed by atoms with van der Waals surface area (Å²) >= 11 is 0. The van der Waals surface area contributed by atoms with Crippen molar-refractivity contribution in [2.45, 2.75) is 0 Å². The van der Waals surface area contributed by atoms with Crippen LogP contribution in [0, 0.1) is 0 Å². The Hall–Kier alpha value is -1.55. The van der Waals surface area contributed by atoms with E-state index in [0.717, 1.165) is 0 Å². The fourth-order valence-electron chi connectivity index (χ4n) is 0.528. The Morgan fingerprint density at radius 1 is 1.25 bits per heavy atom. The Bertz CT molecular complexity index is 271. The van der Waals surface area contributed by atoms with Gasteiger partial charge >= 0.3 is 18.1 Å². The van der Waals surface area contributed by atoms with Crippen LogP contribution in [0.4, 0.5) is 14.4 Å². The van der Waals surface area contributed by atoms with Gasteiger partial charge < -0.3 is 0 Å². The molecule has 0 spiro atoms. The molecule has 1 rings (SSSR count). The molecule has 0 bridgehead atoms. The highest BCUT2D eigenvalue weighted by Gasteiger charge is 2.56. The molecule has 4 N–H and O–H groups in total. The Morgan fingerprint density at radius 2 is 1.75 bits per heavy atom. The summed E-state index contributed by atoms with van der Waals surface area (Å²) in [7, 11) is 0. The molecule has 9 heteroatoms. The zero-order valence-electron chi connectivity index (χ0n) is 5.46. The summed E-state index contributed by atoms with van der Waals surface area (Å²) in [5.41, 5.74) is 0. The highest BCUT2D eigenvalue weighted by molar-refractivity contribution is 6.03. The van der Waals surface area contributed by atoms with Gasteiger partial charge in [-0.05, 0) is 0 Å². The van der Waals surface area contributed by atoms with Crippen molar-refractivity contribution in [1.29, 1.82) is 0 Å². The molecule has 0 atom stereocenters. The molecule has 12 heavy (non-hydrogen) atoms. The third-order valence-corrected chi connectivity index (χ3v) is 1.14. The van der Waals surface area contributed by atoms with E-state index >= 15 is 0 Å². The van der Waals surface area contributed by atoms with Gasteiger partial charge in [-0.3, -0.25) is 5.21 Å². The predicted molar refractivity (Wildman–Crippen MR) is 26.8 cm³/mol. The van der Waals surface area contributed by atoms with Crippen molar-refractivity contribution in [3.8, 4) is 0 Å². The van der Waals surface area contributed by atoms with Crippen molar-refractivity contribution in [3.05, 3.63) is 0 Å². The molecular formula is C3H4N3O6+. The van der Waals surface area contributed by atoms with Crippen LogP contribution in [-0.4, -0.2) is 43.6 Å². The number of nitrogens with one attached hydrogen (secondary N) is 1.